The average molecular weight is 846 g/mol. The highest BCUT2D eigenvalue weighted by molar-refractivity contribution is 7.00. The minimum atomic E-state index is -1.48. The lowest BCUT2D eigenvalue weighted by Gasteiger charge is -2.44. The van der Waals surface area contributed by atoms with E-state index in [1.165, 1.54) is 0 Å². The van der Waals surface area contributed by atoms with Gasteiger partial charge in [0.15, 0.2) is 0 Å². The van der Waals surface area contributed by atoms with Gasteiger partial charge in [-0.2, -0.15) is 0 Å². The molecule has 0 aromatic heterocycles. The molecule has 2 aromatic rings. The molecule has 0 bridgehead atoms. The number of hydrogen-bond acceptors (Lipinski definition) is 0. The standard InChI is InChI=1S/C40H84Si10/c1-43(2,3)37(44(4,5)6)31-27-25-28-32(38(45(7,8)9)46(10,11)12)35(31)41-42-36-33(39(47(13,14)15)48(16,17)18)29-26-30-34(36)40(49(19,20)21)50(22,23)24/h25-30,37-42H,1-24H3/b42-41+. The fourth-order valence-electron chi connectivity index (χ4n) is 11.7. The summed E-state index contributed by atoms with van der Waals surface area (Å²) >= 11 is 0. The van der Waals surface area contributed by atoms with Crippen LogP contribution in [-0.4, -0.2) is 81.8 Å². The second-order valence-corrected chi connectivity index (χ2v) is 73.3. The van der Waals surface area contributed by atoms with Gasteiger partial charge in [-0.1, -0.05) is 194 Å². The predicted octanol–water partition coefficient (Wildman–Crippen LogP) is 11.8. The first-order valence-corrected chi connectivity index (χ1v) is 52.3. The van der Waals surface area contributed by atoms with E-state index in [0.717, 1.165) is 20.7 Å². The van der Waals surface area contributed by atoms with Crippen molar-refractivity contribution in [2.75, 3.05) is 0 Å². The lowest BCUT2D eigenvalue weighted by Crippen LogP contribution is -2.53. The molecule has 0 heterocycles. The Morgan fingerprint density at radius 1 is 0.280 bits per heavy atom. The third-order valence-corrected chi connectivity index (χ3v) is 52.7. The van der Waals surface area contributed by atoms with Gasteiger partial charge in [0.1, 0.15) is 0 Å². The quantitative estimate of drug-likeness (QED) is 0.166. The van der Waals surface area contributed by atoms with Crippen LogP contribution in [0.2, 0.25) is 157 Å². The zero-order chi connectivity index (χ0) is 39.4. The first kappa shape index (κ1) is 46.8. The monoisotopic (exact) mass is 844 g/mol. The Labute approximate surface area is 326 Å². The van der Waals surface area contributed by atoms with E-state index in [2.05, 4.69) is 194 Å². The molecule has 10 heteroatoms. The molecule has 0 N–H and O–H groups in total. The molecule has 0 aliphatic heterocycles. The minimum absolute atomic E-state index is 0.197. The summed E-state index contributed by atoms with van der Waals surface area (Å²) in [7, 11) is -11.4. The van der Waals surface area contributed by atoms with E-state index in [9.17, 15) is 0 Å². The maximum Gasteiger partial charge on any atom is 0.0493 e. The Balaban J connectivity index is 3.36. The van der Waals surface area contributed by atoms with Crippen LogP contribution >= 0.6 is 0 Å². The van der Waals surface area contributed by atoms with Crippen LogP contribution in [0.1, 0.15) is 42.9 Å². The van der Waals surface area contributed by atoms with Crippen LogP contribution in [0.4, 0.5) is 0 Å². The van der Waals surface area contributed by atoms with E-state index in [-0.39, 0.29) is 17.2 Å². The average Bonchev–Trinajstić information content (AvgIpc) is 2.77. The summed E-state index contributed by atoms with van der Waals surface area (Å²) in [4.78, 5) is 0. The maximum atomic E-state index is 2.69. The summed E-state index contributed by atoms with van der Waals surface area (Å²) in [5.74, 6) is 0. The summed E-state index contributed by atoms with van der Waals surface area (Å²) < 4.78 is 0. The second-order valence-electron chi connectivity index (χ2n) is 24.7. The molecule has 0 aliphatic carbocycles. The van der Waals surface area contributed by atoms with Crippen molar-refractivity contribution in [2.45, 2.75) is 178 Å². The summed E-state index contributed by atoms with van der Waals surface area (Å²) in [6.45, 7) is 64.6. The molecule has 0 aliphatic rings. The zero-order valence-electron chi connectivity index (χ0n) is 37.9. The SMILES string of the molecule is C[Si](C)(C)C(c1cccc(C([Si](C)(C)C)[Si](C)(C)C)c1/[SiH]=[SiH]/c1c(C([Si](C)(C)C)[Si](C)(C)C)cccc1C([Si](C)(C)C)[Si](C)(C)C)[Si](C)(C)C. The molecule has 0 radical (unpaired) electrons. The van der Waals surface area contributed by atoms with Gasteiger partial charge in [0, 0.05) is 81.8 Å². The normalized spacial score (nSPS) is 15.0. The van der Waals surface area contributed by atoms with Gasteiger partial charge in [0.25, 0.3) is 0 Å². The highest BCUT2D eigenvalue weighted by atomic mass is 28.9. The number of benzene rings is 2. The van der Waals surface area contributed by atoms with Crippen LogP contribution in [0.15, 0.2) is 36.4 Å². The summed E-state index contributed by atoms with van der Waals surface area (Å²) in [5.41, 5.74) is 7.34. The minimum Gasteiger partial charge on any atom is -0.0693 e. The van der Waals surface area contributed by atoms with Gasteiger partial charge in [-0.15, -0.1) is 0 Å². The molecule has 0 saturated carbocycles. The molecule has 0 fully saturated rings. The zero-order valence-corrected chi connectivity index (χ0v) is 48.2. The van der Waals surface area contributed by atoms with Crippen molar-refractivity contribution in [1.82, 2.24) is 0 Å². The smallest absolute Gasteiger partial charge is 0.0493 e. The third kappa shape index (κ3) is 11.6. The summed E-state index contributed by atoms with van der Waals surface area (Å²) in [6.07, 6.45) is 0. The first-order valence-electron chi connectivity index (χ1n) is 19.9. The van der Waals surface area contributed by atoms with E-state index >= 15 is 0 Å². The van der Waals surface area contributed by atoms with E-state index in [1.807, 2.05) is 32.6 Å². The summed E-state index contributed by atoms with van der Waals surface area (Å²) in [5, 5.41) is 7.02. The van der Waals surface area contributed by atoms with Crippen LogP contribution in [0.25, 0.3) is 0 Å². The van der Waals surface area contributed by atoms with Crippen molar-refractivity contribution in [3.8, 4) is 0 Å². The van der Waals surface area contributed by atoms with Gasteiger partial charge in [-0.3, -0.25) is 0 Å². The van der Waals surface area contributed by atoms with Crippen LogP contribution in [0, 0.1) is 0 Å². The lowest BCUT2D eigenvalue weighted by atomic mass is 10.1. The van der Waals surface area contributed by atoms with Crippen molar-refractivity contribution in [3.63, 3.8) is 0 Å². The fraction of sp³-hybridized carbons (Fsp3) is 0.700. The first-order chi connectivity index (χ1) is 21.9. The Hall–Kier alpha value is 0.609. The van der Waals surface area contributed by atoms with Gasteiger partial charge in [0.05, 0.1) is 0 Å². The molecular weight excluding hydrogens is 761 g/mol. The van der Waals surface area contributed by atoms with Crippen molar-refractivity contribution in [1.29, 1.82) is 0 Å². The Morgan fingerprint density at radius 2 is 0.420 bits per heavy atom. The Kier molecular flexibility index (Phi) is 14.6. The molecule has 0 nitrogen and oxygen atoms in total. The van der Waals surface area contributed by atoms with E-state index in [4.69, 9.17) is 0 Å². The highest BCUT2D eigenvalue weighted by Gasteiger charge is 2.45. The summed E-state index contributed by atoms with van der Waals surface area (Å²) in [6, 6.07) is 15.7. The van der Waals surface area contributed by atoms with Crippen LogP contribution in [0.5, 0.6) is 0 Å². The van der Waals surface area contributed by atoms with E-state index in [0.29, 0.717) is 0 Å². The molecule has 2 rings (SSSR count). The van der Waals surface area contributed by atoms with Crippen molar-refractivity contribution < 1.29 is 0 Å². The molecule has 0 unspecified atom stereocenters. The Morgan fingerprint density at radius 3 is 0.540 bits per heavy atom. The second kappa shape index (κ2) is 15.6. The highest BCUT2D eigenvalue weighted by Crippen LogP contribution is 2.41. The van der Waals surface area contributed by atoms with Crippen molar-refractivity contribution in [2.24, 2.45) is 0 Å². The van der Waals surface area contributed by atoms with Gasteiger partial charge >= 0.3 is 0 Å². The Bertz CT molecular complexity index is 1220. The molecular formula is C40H84Si10. The molecule has 0 atom stereocenters. The fourth-order valence-corrected chi connectivity index (χ4v) is 69.5. The lowest BCUT2D eigenvalue weighted by molar-refractivity contribution is 1.14. The van der Waals surface area contributed by atoms with Crippen LogP contribution in [-0.2, 0) is 0 Å². The van der Waals surface area contributed by atoms with Crippen molar-refractivity contribution in [3.05, 3.63) is 58.7 Å². The molecule has 0 spiro atoms. The topological polar surface area (TPSA) is 0 Å². The van der Waals surface area contributed by atoms with Gasteiger partial charge in [-0.25, -0.2) is 0 Å². The van der Waals surface area contributed by atoms with Gasteiger partial charge in [-0.05, 0) is 53.3 Å². The predicted molar refractivity (Wildman–Crippen MR) is 264 cm³/mol. The van der Waals surface area contributed by atoms with Crippen LogP contribution < -0.4 is 10.4 Å². The van der Waals surface area contributed by atoms with E-state index < -0.39 is 64.6 Å². The van der Waals surface area contributed by atoms with Gasteiger partial charge < -0.3 is 0 Å². The molecule has 2 aromatic carbocycles. The van der Waals surface area contributed by atoms with Gasteiger partial charge in [0.2, 0.25) is 0 Å². The van der Waals surface area contributed by atoms with Crippen LogP contribution in [0.3, 0.4) is 0 Å². The number of rotatable bonds is 14. The molecule has 0 amide bonds. The van der Waals surface area contributed by atoms with Crippen molar-refractivity contribution >= 4 is 92.2 Å². The third-order valence-electron chi connectivity index (χ3n) is 10.9. The molecule has 50 heavy (non-hydrogen) atoms. The number of hydrogen-bond donors (Lipinski definition) is 0. The molecule has 0 saturated heterocycles. The largest absolute Gasteiger partial charge is 0.0693 e. The maximum absolute atomic E-state index is 2.69. The molecule has 284 valence electrons. The van der Waals surface area contributed by atoms with E-state index in [1.54, 1.807) is 0 Å².